The van der Waals surface area contributed by atoms with Gasteiger partial charge in [0.25, 0.3) is 0 Å². The highest BCUT2D eigenvalue weighted by Crippen LogP contribution is 2.43. The summed E-state index contributed by atoms with van der Waals surface area (Å²) in [5.74, 6) is 0.623. The molecule has 1 heterocycles. The standard InChI is InChI=1S/C15H18F3NOS/c1-2-3-8-13(20)19-9-10-21-14(19)11-6-4-5-7-12(11)15(16,17)18/h4-7,14H,2-3,8-10H2,1H3/t14-/m1/s1. The zero-order valence-electron chi connectivity index (χ0n) is 11.8. The largest absolute Gasteiger partial charge is 0.416 e. The van der Waals surface area contributed by atoms with E-state index in [-0.39, 0.29) is 11.5 Å². The maximum atomic E-state index is 13.1. The second kappa shape index (κ2) is 6.73. The number of alkyl halides is 3. The minimum atomic E-state index is -4.39. The Morgan fingerprint density at radius 3 is 2.76 bits per heavy atom. The highest BCUT2D eigenvalue weighted by molar-refractivity contribution is 7.99. The Labute approximate surface area is 126 Å². The predicted molar refractivity (Wildman–Crippen MR) is 77.9 cm³/mol. The number of carbonyl (C=O) groups is 1. The van der Waals surface area contributed by atoms with Gasteiger partial charge >= 0.3 is 6.18 Å². The first-order valence-electron chi connectivity index (χ1n) is 7.02. The molecule has 0 aromatic heterocycles. The van der Waals surface area contributed by atoms with Crippen molar-refractivity contribution in [3.05, 3.63) is 35.4 Å². The monoisotopic (exact) mass is 317 g/mol. The van der Waals surface area contributed by atoms with E-state index in [1.165, 1.54) is 23.9 Å². The first kappa shape index (κ1) is 16.2. The Bertz CT molecular complexity index is 504. The Balaban J connectivity index is 2.26. The second-order valence-electron chi connectivity index (χ2n) is 5.00. The van der Waals surface area contributed by atoms with Crippen molar-refractivity contribution in [3.8, 4) is 0 Å². The van der Waals surface area contributed by atoms with Crippen LogP contribution in [0.15, 0.2) is 24.3 Å². The SMILES string of the molecule is CCCCC(=O)N1CCS[C@@H]1c1ccccc1C(F)(F)F. The van der Waals surface area contributed by atoms with Crippen molar-refractivity contribution in [3.63, 3.8) is 0 Å². The lowest BCUT2D eigenvalue weighted by molar-refractivity contribution is -0.139. The van der Waals surface area contributed by atoms with Crippen LogP contribution in [0.5, 0.6) is 0 Å². The van der Waals surface area contributed by atoms with Crippen LogP contribution in [-0.4, -0.2) is 23.1 Å². The number of benzene rings is 1. The number of carbonyl (C=O) groups excluding carboxylic acids is 1. The molecule has 1 atom stereocenters. The quantitative estimate of drug-likeness (QED) is 0.816. The molecule has 2 nitrogen and oxygen atoms in total. The van der Waals surface area contributed by atoms with Crippen LogP contribution >= 0.6 is 11.8 Å². The van der Waals surface area contributed by atoms with Crippen molar-refractivity contribution < 1.29 is 18.0 Å². The summed E-state index contributed by atoms with van der Waals surface area (Å²) in [5.41, 5.74) is -0.449. The molecule has 1 aromatic rings. The molecule has 1 aromatic carbocycles. The third kappa shape index (κ3) is 3.73. The van der Waals surface area contributed by atoms with E-state index in [1.54, 1.807) is 11.0 Å². The fraction of sp³-hybridized carbons (Fsp3) is 0.533. The summed E-state index contributed by atoms with van der Waals surface area (Å²) in [4.78, 5) is 13.8. The number of rotatable bonds is 4. The number of thioether (sulfide) groups is 1. The van der Waals surface area contributed by atoms with Crippen LogP contribution in [0.4, 0.5) is 13.2 Å². The smallest absolute Gasteiger partial charge is 0.326 e. The maximum absolute atomic E-state index is 13.1. The van der Waals surface area contributed by atoms with Gasteiger partial charge in [0.2, 0.25) is 5.91 Å². The van der Waals surface area contributed by atoms with Crippen LogP contribution in [0, 0.1) is 0 Å². The van der Waals surface area contributed by atoms with Gasteiger partial charge in [-0.1, -0.05) is 31.5 Å². The van der Waals surface area contributed by atoms with E-state index in [2.05, 4.69) is 0 Å². The van der Waals surface area contributed by atoms with Gasteiger partial charge in [0.15, 0.2) is 0 Å². The molecule has 116 valence electrons. The number of halogens is 3. The van der Waals surface area contributed by atoms with Crippen LogP contribution in [0.1, 0.15) is 42.7 Å². The summed E-state index contributed by atoms with van der Waals surface area (Å²) in [6.45, 7) is 2.51. The number of hydrogen-bond donors (Lipinski definition) is 0. The minimum absolute atomic E-state index is 0.0520. The molecule has 1 fully saturated rings. The molecule has 1 aliphatic rings. The molecule has 0 spiro atoms. The van der Waals surface area contributed by atoms with Crippen molar-refractivity contribution >= 4 is 17.7 Å². The zero-order chi connectivity index (χ0) is 15.5. The molecule has 21 heavy (non-hydrogen) atoms. The number of hydrogen-bond acceptors (Lipinski definition) is 2. The van der Waals surface area contributed by atoms with E-state index in [4.69, 9.17) is 0 Å². The number of amides is 1. The van der Waals surface area contributed by atoms with Gasteiger partial charge in [0, 0.05) is 18.7 Å². The van der Waals surface area contributed by atoms with Crippen LogP contribution in [0.3, 0.4) is 0 Å². The Morgan fingerprint density at radius 1 is 1.38 bits per heavy atom. The molecule has 6 heteroatoms. The molecular weight excluding hydrogens is 299 g/mol. The van der Waals surface area contributed by atoms with Crippen molar-refractivity contribution in [2.24, 2.45) is 0 Å². The normalized spacial score (nSPS) is 19.0. The van der Waals surface area contributed by atoms with E-state index in [9.17, 15) is 18.0 Å². The molecule has 2 rings (SSSR count). The Hall–Kier alpha value is -1.17. The molecule has 1 amide bonds. The van der Waals surface area contributed by atoms with Crippen molar-refractivity contribution in [2.45, 2.75) is 37.7 Å². The van der Waals surface area contributed by atoms with Crippen LogP contribution in [0.25, 0.3) is 0 Å². The summed E-state index contributed by atoms with van der Waals surface area (Å²) >= 11 is 1.40. The Morgan fingerprint density at radius 2 is 2.10 bits per heavy atom. The second-order valence-corrected chi connectivity index (χ2v) is 6.19. The fourth-order valence-electron chi connectivity index (χ4n) is 2.43. The topological polar surface area (TPSA) is 20.3 Å². The molecule has 0 aliphatic carbocycles. The summed E-state index contributed by atoms with van der Waals surface area (Å²) in [7, 11) is 0. The first-order valence-corrected chi connectivity index (χ1v) is 8.07. The third-order valence-corrected chi connectivity index (χ3v) is 4.73. The summed E-state index contributed by atoms with van der Waals surface area (Å²) in [6.07, 6.45) is -2.32. The summed E-state index contributed by atoms with van der Waals surface area (Å²) < 4.78 is 39.4. The minimum Gasteiger partial charge on any atom is -0.326 e. The third-order valence-electron chi connectivity index (χ3n) is 3.49. The van der Waals surface area contributed by atoms with E-state index in [0.29, 0.717) is 18.7 Å². The van der Waals surface area contributed by atoms with E-state index < -0.39 is 17.1 Å². The van der Waals surface area contributed by atoms with E-state index in [0.717, 1.165) is 18.9 Å². The maximum Gasteiger partial charge on any atom is 0.416 e. The van der Waals surface area contributed by atoms with Gasteiger partial charge in [-0.15, -0.1) is 11.8 Å². The summed E-state index contributed by atoms with van der Waals surface area (Å²) in [5, 5.41) is -0.521. The molecule has 1 saturated heterocycles. The van der Waals surface area contributed by atoms with Crippen LogP contribution < -0.4 is 0 Å². The first-order chi connectivity index (χ1) is 9.95. The number of unbranched alkanes of at least 4 members (excludes halogenated alkanes) is 1. The van der Waals surface area contributed by atoms with Crippen LogP contribution in [-0.2, 0) is 11.0 Å². The molecule has 1 aliphatic heterocycles. The molecule has 0 unspecified atom stereocenters. The lowest BCUT2D eigenvalue weighted by atomic mass is 10.1. The number of nitrogens with zero attached hydrogens (tertiary/aromatic N) is 1. The molecule has 0 N–H and O–H groups in total. The highest BCUT2D eigenvalue weighted by atomic mass is 32.2. The van der Waals surface area contributed by atoms with Gasteiger partial charge < -0.3 is 4.90 Å². The van der Waals surface area contributed by atoms with Gasteiger partial charge in [-0.25, -0.2) is 0 Å². The average molecular weight is 317 g/mol. The molecular formula is C15H18F3NOS. The predicted octanol–water partition coefficient (Wildman–Crippen LogP) is 4.47. The van der Waals surface area contributed by atoms with Crippen molar-refractivity contribution in [1.29, 1.82) is 0 Å². The van der Waals surface area contributed by atoms with E-state index in [1.807, 2.05) is 6.92 Å². The molecule has 0 radical (unpaired) electrons. The average Bonchev–Trinajstić information content (AvgIpc) is 2.93. The Kier molecular flexibility index (Phi) is 5.19. The fourth-order valence-corrected chi connectivity index (χ4v) is 3.74. The highest BCUT2D eigenvalue weighted by Gasteiger charge is 2.39. The van der Waals surface area contributed by atoms with Gasteiger partial charge in [-0.05, 0) is 18.1 Å². The molecule has 0 saturated carbocycles. The van der Waals surface area contributed by atoms with Gasteiger partial charge in [0.1, 0.15) is 5.37 Å². The van der Waals surface area contributed by atoms with Crippen molar-refractivity contribution in [1.82, 2.24) is 4.90 Å². The summed E-state index contributed by atoms with van der Waals surface area (Å²) in [6, 6.07) is 5.54. The molecule has 0 bridgehead atoms. The van der Waals surface area contributed by atoms with Crippen LogP contribution in [0.2, 0.25) is 0 Å². The lowest BCUT2D eigenvalue weighted by Crippen LogP contribution is -2.31. The lowest BCUT2D eigenvalue weighted by Gasteiger charge is -2.26. The van der Waals surface area contributed by atoms with Crippen molar-refractivity contribution in [2.75, 3.05) is 12.3 Å². The zero-order valence-corrected chi connectivity index (χ0v) is 12.6. The van der Waals surface area contributed by atoms with Gasteiger partial charge in [-0.3, -0.25) is 4.79 Å². The van der Waals surface area contributed by atoms with E-state index >= 15 is 0 Å². The van der Waals surface area contributed by atoms with Gasteiger partial charge in [-0.2, -0.15) is 13.2 Å². The van der Waals surface area contributed by atoms with Gasteiger partial charge in [0.05, 0.1) is 5.56 Å².